The van der Waals surface area contributed by atoms with Crippen molar-refractivity contribution >= 4 is 11.9 Å². The molecule has 0 aromatic heterocycles. The second-order valence-electron chi connectivity index (χ2n) is 5.16. The van der Waals surface area contributed by atoms with Gasteiger partial charge in [0.1, 0.15) is 5.75 Å². The van der Waals surface area contributed by atoms with Gasteiger partial charge in [-0.25, -0.2) is 0 Å². The molecule has 0 spiro atoms. The molecule has 1 aromatic carbocycles. The molecule has 22 heavy (non-hydrogen) atoms. The Bertz CT molecular complexity index is 470. The zero-order valence-corrected chi connectivity index (χ0v) is 13.6. The van der Waals surface area contributed by atoms with E-state index in [1.165, 1.54) is 7.11 Å². The van der Waals surface area contributed by atoms with E-state index in [1.54, 1.807) is 4.90 Å². The van der Waals surface area contributed by atoms with Crippen LogP contribution in [0.15, 0.2) is 24.3 Å². The van der Waals surface area contributed by atoms with Crippen molar-refractivity contribution in [1.82, 2.24) is 4.90 Å². The minimum absolute atomic E-state index is 0.0199. The molecule has 1 aromatic rings. The highest BCUT2D eigenvalue weighted by Gasteiger charge is 2.15. The first kappa shape index (κ1) is 18.0. The Kier molecular flexibility index (Phi) is 8.04. The zero-order chi connectivity index (χ0) is 16.4. The zero-order valence-electron chi connectivity index (χ0n) is 13.6. The molecular formula is C17H25NO4. The van der Waals surface area contributed by atoms with E-state index in [-0.39, 0.29) is 24.9 Å². The fourth-order valence-corrected chi connectivity index (χ4v) is 1.91. The largest absolute Gasteiger partial charge is 0.484 e. The van der Waals surface area contributed by atoms with Gasteiger partial charge in [-0.05, 0) is 25.5 Å². The van der Waals surface area contributed by atoms with Crippen LogP contribution in [0, 0.1) is 6.92 Å². The second-order valence-corrected chi connectivity index (χ2v) is 5.16. The van der Waals surface area contributed by atoms with Crippen LogP contribution in [0.5, 0.6) is 5.75 Å². The van der Waals surface area contributed by atoms with E-state index in [9.17, 15) is 9.59 Å². The summed E-state index contributed by atoms with van der Waals surface area (Å²) in [5.74, 6) is 0.244. The van der Waals surface area contributed by atoms with E-state index >= 15 is 0 Å². The summed E-state index contributed by atoms with van der Waals surface area (Å²) in [6.45, 7) is 5.03. The fraction of sp³-hybridized carbons (Fsp3) is 0.529. The van der Waals surface area contributed by atoms with Crippen LogP contribution < -0.4 is 4.74 Å². The summed E-state index contributed by atoms with van der Waals surface area (Å²) in [5, 5.41) is 0. The summed E-state index contributed by atoms with van der Waals surface area (Å²) in [4.78, 5) is 25.1. The van der Waals surface area contributed by atoms with Gasteiger partial charge in [-0.15, -0.1) is 0 Å². The van der Waals surface area contributed by atoms with Crippen LogP contribution in [-0.4, -0.2) is 43.6 Å². The van der Waals surface area contributed by atoms with Gasteiger partial charge in [-0.1, -0.05) is 31.0 Å². The first-order valence-electron chi connectivity index (χ1n) is 7.61. The Morgan fingerprint density at radius 2 is 1.82 bits per heavy atom. The van der Waals surface area contributed by atoms with Gasteiger partial charge in [-0.3, -0.25) is 9.59 Å². The number of ether oxygens (including phenoxy) is 2. The number of hydrogen-bond acceptors (Lipinski definition) is 4. The topological polar surface area (TPSA) is 55.8 Å². The molecule has 1 rings (SSSR count). The van der Waals surface area contributed by atoms with E-state index in [4.69, 9.17) is 4.74 Å². The van der Waals surface area contributed by atoms with Crippen molar-refractivity contribution in [1.29, 1.82) is 0 Å². The maximum atomic E-state index is 12.2. The predicted molar refractivity (Wildman–Crippen MR) is 84.8 cm³/mol. The Morgan fingerprint density at radius 1 is 1.14 bits per heavy atom. The number of rotatable bonds is 9. The number of unbranched alkanes of at least 4 members (excludes halogenated alkanes) is 1. The summed E-state index contributed by atoms with van der Waals surface area (Å²) < 4.78 is 10.1. The maximum Gasteiger partial charge on any atom is 0.307 e. The molecule has 122 valence electrons. The second kappa shape index (κ2) is 9.82. The monoisotopic (exact) mass is 307 g/mol. The molecule has 0 heterocycles. The van der Waals surface area contributed by atoms with Crippen LogP contribution in [0.4, 0.5) is 0 Å². The van der Waals surface area contributed by atoms with Crippen molar-refractivity contribution < 1.29 is 19.1 Å². The van der Waals surface area contributed by atoms with Crippen molar-refractivity contribution in [3.05, 3.63) is 29.8 Å². The molecule has 0 saturated carbocycles. The van der Waals surface area contributed by atoms with Crippen molar-refractivity contribution in [3.63, 3.8) is 0 Å². The highest BCUT2D eigenvalue weighted by atomic mass is 16.5. The van der Waals surface area contributed by atoms with Gasteiger partial charge in [-0.2, -0.15) is 0 Å². The van der Waals surface area contributed by atoms with Crippen LogP contribution in [0.3, 0.4) is 0 Å². The molecule has 0 saturated heterocycles. The number of carbonyl (C=O) groups is 2. The van der Waals surface area contributed by atoms with Crippen molar-refractivity contribution in [3.8, 4) is 5.75 Å². The number of aryl methyl sites for hydroxylation is 1. The lowest BCUT2D eigenvalue weighted by molar-refractivity contribution is -0.142. The van der Waals surface area contributed by atoms with Crippen LogP contribution in [0.25, 0.3) is 0 Å². The Hall–Kier alpha value is -2.04. The lowest BCUT2D eigenvalue weighted by Crippen LogP contribution is -2.37. The van der Waals surface area contributed by atoms with Gasteiger partial charge in [0.2, 0.25) is 0 Å². The number of nitrogens with zero attached hydrogens (tertiary/aromatic N) is 1. The third-order valence-corrected chi connectivity index (χ3v) is 3.33. The quantitative estimate of drug-likeness (QED) is 0.658. The van der Waals surface area contributed by atoms with Gasteiger partial charge < -0.3 is 14.4 Å². The predicted octanol–water partition coefficient (Wildman–Crippen LogP) is 2.57. The molecule has 0 radical (unpaired) electrons. The standard InChI is InChI=1S/C17H25NO4/c1-4-5-11-18(12-10-17(20)21-3)16(19)13-22-15-8-6-14(2)7-9-15/h6-9H,4-5,10-13H2,1-3H3. The molecule has 5 heteroatoms. The number of carbonyl (C=O) groups excluding carboxylic acids is 2. The number of amides is 1. The summed E-state index contributed by atoms with van der Waals surface area (Å²) in [5.41, 5.74) is 1.14. The minimum Gasteiger partial charge on any atom is -0.484 e. The van der Waals surface area contributed by atoms with Crippen LogP contribution in [0.2, 0.25) is 0 Å². The summed E-state index contributed by atoms with van der Waals surface area (Å²) in [7, 11) is 1.35. The molecule has 0 aliphatic heterocycles. The minimum atomic E-state index is -0.311. The normalized spacial score (nSPS) is 10.1. The van der Waals surface area contributed by atoms with Crippen LogP contribution in [-0.2, 0) is 14.3 Å². The molecular weight excluding hydrogens is 282 g/mol. The van der Waals surface area contributed by atoms with E-state index in [0.29, 0.717) is 18.8 Å². The SMILES string of the molecule is CCCCN(CCC(=O)OC)C(=O)COc1ccc(C)cc1. The van der Waals surface area contributed by atoms with Gasteiger partial charge in [0.05, 0.1) is 13.5 Å². The Balaban J connectivity index is 2.50. The molecule has 0 N–H and O–H groups in total. The average molecular weight is 307 g/mol. The molecule has 0 bridgehead atoms. The van der Waals surface area contributed by atoms with E-state index in [1.807, 2.05) is 31.2 Å². The Morgan fingerprint density at radius 3 is 2.41 bits per heavy atom. The van der Waals surface area contributed by atoms with Gasteiger partial charge in [0, 0.05) is 13.1 Å². The molecule has 5 nitrogen and oxygen atoms in total. The van der Waals surface area contributed by atoms with Gasteiger partial charge in [0.25, 0.3) is 5.91 Å². The van der Waals surface area contributed by atoms with Crippen LogP contribution >= 0.6 is 0 Å². The lowest BCUT2D eigenvalue weighted by atomic mass is 10.2. The smallest absolute Gasteiger partial charge is 0.307 e. The summed E-state index contributed by atoms with van der Waals surface area (Å²) in [6.07, 6.45) is 2.09. The third-order valence-electron chi connectivity index (χ3n) is 3.33. The number of hydrogen-bond donors (Lipinski definition) is 0. The highest BCUT2D eigenvalue weighted by molar-refractivity contribution is 5.78. The van der Waals surface area contributed by atoms with Crippen molar-refractivity contribution in [2.24, 2.45) is 0 Å². The van der Waals surface area contributed by atoms with E-state index in [2.05, 4.69) is 11.7 Å². The third kappa shape index (κ3) is 6.61. The first-order valence-corrected chi connectivity index (χ1v) is 7.61. The number of benzene rings is 1. The highest BCUT2D eigenvalue weighted by Crippen LogP contribution is 2.11. The lowest BCUT2D eigenvalue weighted by Gasteiger charge is -2.22. The molecule has 0 aliphatic rings. The molecule has 1 amide bonds. The van der Waals surface area contributed by atoms with E-state index in [0.717, 1.165) is 18.4 Å². The van der Waals surface area contributed by atoms with Crippen LogP contribution in [0.1, 0.15) is 31.7 Å². The molecule has 0 atom stereocenters. The Labute approximate surface area is 132 Å². The average Bonchev–Trinajstić information content (AvgIpc) is 2.53. The number of esters is 1. The first-order chi connectivity index (χ1) is 10.6. The van der Waals surface area contributed by atoms with Gasteiger partial charge >= 0.3 is 5.97 Å². The number of methoxy groups -OCH3 is 1. The summed E-state index contributed by atoms with van der Waals surface area (Å²) in [6, 6.07) is 7.55. The molecule has 0 aliphatic carbocycles. The fourth-order valence-electron chi connectivity index (χ4n) is 1.91. The van der Waals surface area contributed by atoms with Crippen molar-refractivity contribution in [2.75, 3.05) is 26.8 Å². The maximum absolute atomic E-state index is 12.2. The van der Waals surface area contributed by atoms with Gasteiger partial charge in [0.15, 0.2) is 6.61 Å². The molecule has 0 unspecified atom stereocenters. The van der Waals surface area contributed by atoms with Crippen molar-refractivity contribution in [2.45, 2.75) is 33.1 Å². The summed E-state index contributed by atoms with van der Waals surface area (Å²) >= 11 is 0. The molecule has 0 fully saturated rings. The van der Waals surface area contributed by atoms with E-state index < -0.39 is 0 Å².